The average molecular weight is 277 g/mol. The summed E-state index contributed by atoms with van der Waals surface area (Å²) in [4.78, 5) is 4.07. The van der Waals surface area contributed by atoms with Gasteiger partial charge in [-0.25, -0.2) is 8.42 Å². The Morgan fingerprint density at radius 3 is 2.65 bits per heavy atom. The van der Waals surface area contributed by atoms with Gasteiger partial charge in [-0.3, -0.25) is 4.98 Å². The zero-order valence-electron chi connectivity index (χ0n) is 10.0. The molecule has 0 bridgehead atoms. The summed E-state index contributed by atoms with van der Waals surface area (Å²) >= 11 is 5.61. The first-order chi connectivity index (χ1) is 8.00. The predicted octanol–water partition coefficient (Wildman–Crippen LogP) is 2.11. The molecule has 0 saturated carbocycles. The van der Waals surface area contributed by atoms with E-state index in [-0.39, 0.29) is 10.9 Å². The standard InChI is InChI=1S/C11H17ClN2O2S/c1-10(2)14(8-4-6-12)17(15,16)11-5-3-7-13-9-11/h3,5,7,9-10H,4,6,8H2,1-2H3. The fourth-order valence-electron chi connectivity index (χ4n) is 1.51. The molecule has 17 heavy (non-hydrogen) atoms. The highest BCUT2D eigenvalue weighted by molar-refractivity contribution is 7.89. The molecule has 1 rings (SSSR count). The number of nitrogens with zero attached hydrogens (tertiary/aromatic N) is 2. The Morgan fingerprint density at radius 2 is 2.18 bits per heavy atom. The summed E-state index contributed by atoms with van der Waals surface area (Å²) in [5.74, 6) is 0.450. The van der Waals surface area contributed by atoms with Gasteiger partial charge >= 0.3 is 0 Å². The Bertz CT molecular complexity index is 434. The zero-order valence-corrected chi connectivity index (χ0v) is 11.6. The fourth-order valence-corrected chi connectivity index (χ4v) is 3.27. The lowest BCUT2D eigenvalue weighted by Crippen LogP contribution is -2.37. The third-order valence-corrected chi connectivity index (χ3v) is 4.66. The van der Waals surface area contributed by atoms with Crippen molar-refractivity contribution < 1.29 is 8.42 Å². The summed E-state index contributed by atoms with van der Waals surface area (Å²) < 4.78 is 26.1. The first kappa shape index (κ1) is 14.4. The molecule has 96 valence electrons. The van der Waals surface area contributed by atoms with Crippen LogP contribution in [0.1, 0.15) is 20.3 Å². The second-order valence-electron chi connectivity index (χ2n) is 3.94. The summed E-state index contributed by atoms with van der Waals surface area (Å²) in [6.45, 7) is 4.13. The summed E-state index contributed by atoms with van der Waals surface area (Å²) in [6, 6.07) is 3.08. The first-order valence-corrected chi connectivity index (χ1v) is 7.45. The van der Waals surface area contributed by atoms with Crippen molar-refractivity contribution in [2.75, 3.05) is 12.4 Å². The lowest BCUT2D eigenvalue weighted by Gasteiger charge is -2.25. The number of pyridine rings is 1. The molecule has 0 aliphatic carbocycles. The fraction of sp³-hybridized carbons (Fsp3) is 0.545. The van der Waals surface area contributed by atoms with E-state index in [4.69, 9.17) is 11.6 Å². The van der Waals surface area contributed by atoms with Crippen molar-refractivity contribution in [3.05, 3.63) is 24.5 Å². The third kappa shape index (κ3) is 3.66. The summed E-state index contributed by atoms with van der Waals surface area (Å²) in [7, 11) is -3.46. The van der Waals surface area contributed by atoms with Crippen molar-refractivity contribution in [1.82, 2.24) is 9.29 Å². The SMILES string of the molecule is CC(C)N(CCCCl)S(=O)(=O)c1cccnc1. The van der Waals surface area contributed by atoms with Crippen molar-refractivity contribution in [1.29, 1.82) is 0 Å². The van der Waals surface area contributed by atoms with Crippen molar-refractivity contribution >= 4 is 21.6 Å². The molecule has 0 aliphatic rings. The molecule has 0 fully saturated rings. The topological polar surface area (TPSA) is 50.3 Å². The molecule has 0 spiro atoms. The van der Waals surface area contributed by atoms with Gasteiger partial charge in [0.1, 0.15) is 4.90 Å². The largest absolute Gasteiger partial charge is 0.263 e. The van der Waals surface area contributed by atoms with E-state index in [0.29, 0.717) is 18.8 Å². The molecule has 0 unspecified atom stereocenters. The molecule has 1 heterocycles. The Labute approximate surface area is 108 Å². The highest BCUT2D eigenvalue weighted by Crippen LogP contribution is 2.17. The molecular weight excluding hydrogens is 260 g/mol. The number of halogens is 1. The maximum Gasteiger partial charge on any atom is 0.244 e. The minimum atomic E-state index is -3.46. The molecule has 0 N–H and O–H groups in total. The van der Waals surface area contributed by atoms with Gasteiger partial charge in [0.2, 0.25) is 10.0 Å². The lowest BCUT2D eigenvalue weighted by atomic mass is 10.4. The van der Waals surface area contributed by atoms with Crippen LogP contribution < -0.4 is 0 Å². The van der Waals surface area contributed by atoms with Gasteiger partial charge in [-0.2, -0.15) is 4.31 Å². The van der Waals surface area contributed by atoms with Crippen LogP contribution in [0.3, 0.4) is 0 Å². The summed E-state index contributed by atoms with van der Waals surface area (Å²) in [6.07, 6.45) is 3.56. The molecule has 0 aromatic carbocycles. The molecule has 1 aromatic heterocycles. The quantitative estimate of drug-likeness (QED) is 0.748. The molecule has 0 atom stereocenters. The van der Waals surface area contributed by atoms with Crippen LogP contribution in [0.4, 0.5) is 0 Å². The Hall–Kier alpha value is -0.650. The van der Waals surface area contributed by atoms with Crippen molar-refractivity contribution in [3.63, 3.8) is 0 Å². The van der Waals surface area contributed by atoms with Gasteiger partial charge in [-0.15, -0.1) is 11.6 Å². The summed E-state index contributed by atoms with van der Waals surface area (Å²) in [5, 5.41) is 0. The van der Waals surface area contributed by atoms with Gasteiger partial charge < -0.3 is 0 Å². The number of sulfonamides is 1. The third-order valence-electron chi connectivity index (χ3n) is 2.33. The second-order valence-corrected chi connectivity index (χ2v) is 6.21. The van der Waals surface area contributed by atoms with Gasteiger partial charge in [0.15, 0.2) is 0 Å². The van der Waals surface area contributed by atoms with Crippen LogP contribution in [-0.4, -0.2) is 36.2 Å². The van der Waals surface area contributed by atoms with E-state index in [2.05, 4.69) is 4.98 Å². The monoisotopic (exact) mass is 276 g/mol. The molecule has 0 aliphatic heterocycles. The van der Waals surface area contributed by atoms with Crippen LogP contribution in [0.15, 0.2) is 29.4 Å². The van der Waals surface area contributed by atoms with Crippen LogP contribution >= 0.6 is 11.6 Å². The van der Waals surface area contributed by atoms with E-state index in [1.54, 1.807) is 18.3 Å². The maximum atomic E-state index is 12.3. The highest BCUT2D eigenvalue weighted by Gasteiger charge is 2.26. The highest BCUT2D eigenvalue weighted by atomic mass is 35.5. The second kappa shape index (κ2) is 6.33. The molecule has 1 aromatic rings. The number of hydrogen-bond donors (Lipinski definition) is 0. The molecule has 0 amide bonds. The Balaban J connectivity index is 3.01. The molecule has 4 nitrogen and oxygen atoms in total. The molecule has 0 saturated heterocycles. The van der Waals surface area contributed by atoms with E-state index in [1.807, 2.05) is 13.8 Å². The molecule has 6 heteroatoms. The van der Waals surface area contributed by atoms with Crippen molar-refractivity contribution in [2.45, 2.75) is 31.2 Å². The Morgan fingerprint density at radius 1 is 1.47 bits per heavy atom. The first-order valence-electron chi connectivity index (χ1n) is 5.48. The van der Waals surface area contributed by atoms with Crippen molar-refractivity contribution in [3.8, 4) is 0 Å². The number of aromatic nitrogens is 1. The van der Waals surface area contributed by atoms with E-state index in [9.17, 15) is 8.42 Å². The number of alkyl halides is 1. The Kier molecular flexibility index (Phi) is 5.36. The van der Waals surface area contributed by atoms with Crippen LogP contribution in [-0.2, 0) is 10.0 Å². The number of rotatable bonds is 6. The summed E-state index contributed by atoms with van der Waals surface area (Å²) in [5.41, 5.74) is 0. The van der Waals surface area contributed by atoms with E-state index < -0.39 is 10.0 Å². The van der Waals surface area contributed by atoms with Gasteiger partial charge in [0.05, 0.1) is 0 Å². The number of hydrogen-bond acceptors (Lipinski definition) is 3. The van der Waals surface area contributed by atoms with Crippen LogP contribution in [0.5, 0.6) is 0 Å². The average Bonchev–Trinajstić information content (AvgIpc) is 2.30. The van der Waals surface area contributed by atoms with E-state index >= 15 is 0 Å². The minimum absolute atomic E-state index is 0.0941. The van der Waals surface area contributed by atoms with Crippen LogP contribution in [0.25, 0.3) is 0 Å². The van der Waals surface area contributed by atoms with Gasteiger partial charge in [0.25, 0.3) is 0 Å². The van der Waals surface area contributed by atoms with Crippen LogP contribution in [0, 0.1) is 0 Å². The van der Waals surface area contributed by atoms with E-state index in [0.717, 1.165) is 0 Å². The van der Waals surface area contributed by atoms with Crippen molar-refractivity contribution in [2.24, 2.45) is 0 Å². The van der Waals surface area contributed by atoms with Gasteiger partial charge in [-0.05, 0) is 32.4 Å². The smallest absolute Gasteiger partial charge is 0.244 e. The zero-order chi connectivity index (χ0) is 12.9. The maximum absolute atomic E-state index is 12.3. The lowest BCUT2D eigenvalue weighted by molar-refractivity contribution is 0.354. The predicted molar refractivity (Wildman–Crippen MR) is 68.6 cm³/mol. The van der Waals surface area contributed by atoms with Crippen LogP contribution in [0.2, 0.25) is 0 Å². The van der Waals surface area contributed by atoms with E-state index in [1.165, 1.54) is 10.5 Å². The molecule has 0 radical (unpaired) electrons. The minimum Gasteiger partial charge on any atom is -0.263 e. The van der Waals surface area contributed by atoms with Gasteiger partial charge in [0, 0.05) is 30.9 Å². The van der Waals surface area contributed by atoms with Gasteiger partial charge in [-0.1, -0.05) is 0 Å². The normalized spacial score (nSPS) is 12.3. The molecular formula is C11H17ClN2O2S.